The van der Waals surface area contributed by atoms with Crippen molar-refractivity contribution in [2.75, 3.05) is 23.3 Å². The largest absolute Gasteiger partial charge is 0.453 e. The molecule has 1 N–H and O–H groups in total. The molecule has 4 rings (SSSR count). The molecule has 1 aromatic carbocycles. The van der Waals surface area contributed by atoms with Crippen molar-refractivity contribution >= 4 is 39.0 Å². The highest BCUT2D eigenvalue weighted by molar-refractivity contribution is 9.10. The fourth-order valence-electron chi connectivity index (χ4n) is 3.31. The summed E-state index contributed by atoms with van der Waals surface area (Å²) >= 11 is 3.37. The van der Waals surface area contributed by atoms with E-state index in [1.165, 1.54) is 6.07 Å². The molecule has 1 amide bonds. The van der Waals surface area contributed by atoms with E-state index in [1.807, 2.05) is 29.2 Å². The van der Waals surface area contributed by atoms with Crippen LogP contribution < -0.4 is 10.2 Å². The summed E-state index contributed by atoms with van der Waals surface area (Å²) in [4.78, 5) is 14.4. The van der Waals surface area contributed by atoms with Crippen molar-refractivity contribution in [3.8, 4) is 0 Å². The highest BCUT2D eigenvalue weighted by Crippen LogP contribution is 2.29. The predicted molar refractivity (Wildman–Crippen MR) is 103 cm³/mol. The molecule has 0 spiro atoms. The van der Waals surface area contributed by atoms with Crippen LogP contribution in [-0.4, -0.2) is 38.8 Å². The maximum absolute atomic E-state index is 13.0. The van der Waals surface area contributed by atoms with Crippen LogP contribution in [0.4, 0.5) is 24.7 Å². The number of hydrogen-bond acceptors (Lipinski definition) is 5. The van der Waals surface area contributed by atoms with E-state index in [2.05, 4.69) is 36.5 Å². The Morgan fingerprint density at radius 1 is 1.14 bits per heavy atom. The van der Waals surface area contributed by atoms with Gasteiger partial charge in [-0.05, 0) is 43.2 Å². The number of fused-ring (bicyclic) bond motifs is 1. The molecule has 0 unspecified atom stereocenters. The smallest absolute Gasteiger partial charge is 0.355 e. The van der Waals surface area contributed by atoms with Gasteiger partial charge in [-0.3, -0.25) is 4.79 Å². The SMILES string of the molecule is O=C(Nc1cccc(Br)c1)C1CCN(c2ccc3nnc(C(F)(F)F)n3n2)CC1. The van der Waals surface area contributed by atoms with E-state index in [-0.39, 0.29) is 17.5 Å². The summed E-state index contributed by atoms with van der Waals surface area (Å²) in [5.41, 5.74) is 0.746. The van der Waals surface area contributed by atoms with Gasteiger partial charge in [-0.15, -0.1) is 15.3 Å². The van der Waals surface area contributed by atoms with Gasteiger partial charge in [0.2, 0.25) is 5.91 Å². The Bertz CT molecular complexity index is 1050. The molecule has 7 nitrogen and oxygen atoms in total. The zero-order valence-corrected chi connectivity index (χ0v) is 16.6. The van der Waals surface area contributed by atoms with Crippen molar-refractivity contribution in [3.63, 3.8) is 0 Å². The lowest BCUT2D eigenvalue weighted by Crippen LogP contribution is -2.38. The number of halogens is 4. The Labute approximate surface area is 172 Å². The van der Waals surface area contributed by atoms with Gasteiger partial charge in [0, 0.05) is 29.2 Å². The molecule has 0 aliphatic carbocycles. The lowest BCUT2D eigenvalue weighted by Gasteiger charge is -2.32. The van der Waals surface area contributed by atoms with Gasteiger partial charge in [-0.2, -0.15) is 17.7 Å². The second kappa shape index (κ2) is 7.62. The van der Waals surface area contributed by atoms with E-state index < -0.39 is 12.0 Å². The molecule has 3 aromatic rings. The molecule has 0 atom stereocenters. The number of nitrogens with zero attached hydrogens (tertiary/aromatic N) is 5. The van der Waals surface area contributed by atoms with Crippen LogP contribution in [0.3, 0.4) is 0 Å². The highest BCUT2D eigenvalue weighted by atomic mass is 79.9. The van der Waals surface area contributed by atoms with Crippen LogP contribution >= 0.6 is 15.9 Å². The molecule has 1 aliphatic rings. The topological polar surface area (TPSA) is 75.4 Å². The van der Waals surface area contributed by atoms with Crippen LogP contribution in [0.15, 0.2) is 40.9 Å². The molecule has 1 saturated heterocycles. The average molecular weight is 469 g/mol. The number of carbonyl (C=O) groups excluding carboxylic acids is 1. The number of piperidine rings is 1. The van der Waals surface area contributed by atoms with Crippen molar-refractivity contribution in [2.24, 2.45) is 5.92 Å². The number of benzene rings is 1. The number of amides is 1. The van der Waals surface area contributed by atoms with Gasteiger partial charge in [0.1, 0.15) is 5.82 Å². The van der Waals surface area contributed by atoms with Crippen LogP contribution in [0.2, 0.25) is 0 Å². The van der Waals surface area contributed by atoms with E-state index in [4.69, 9.17) is 0 Å². The molecule has 0 saturated carbocycles. The van der Waals surface area contributed by atoms with E-state index in [9.17, 15) is 18.0 Å². The standard InChI is InChI=1S/C18H16BrF3N6O/c19-12-2-1-3-13(10-12)23-16(29)11-6-8-27(9-7-11)15-5-4-14-24-25-17(18(20,21)22)28(14)26-15/h1-5,10-11H,6-9H2,(H,23,29). The summed E-state index contributed by atoms with van der Waals surface area (Å²) in [7, 11) is 0. The number of rotatable bonds is 3. The summed E-state index contributed by atoms with van der Waals surface area (Å²) in [5.74, 6) is -0.995. The number of alkyl halides is 3. The van der Waals surface area contributed by atoms with E-state index >= 15 is 0 Å². The van der Waals surface area contributed by atoms with Crippen molar-refractivity contribution in [1.29, 1.82) is 0 Å². The Kier molecular flexibility index (Phi) is 5.15. The minimum Gasteiger partial charge on any atom is -0.355 e. The van der Waals surface area contributed by atoms with Gasteiger partial charge in [-0.1, -0.05) is 22.0 Å². The lowest BCUT2D eigenvalue weighted by atomic mass is 9.96. The Balaban J connectivity index is 1.43. The number of anilines is 2. The Morgan fingerprint density at radius 2 is 1.90 bits per heavy atom. The fourth-order valence-corrected chi connectivity index (χ4v) is 3.71. The zero-order valence-electron chi connectivity index (χ0n) is 15.0. The quantitative estimate of drug-likeness (QED) is 0.633. The van der Waals surface area contributed by atoms with Crippen LogP contribution in [-0.2, 0) is 11.0 Å². The summed E-state index contributed by atoms with van der Waals surface area (Å²) in [5, 5.41) is 13.7. The second-order valence-corrected chi connectivity index (χ2v) is 7.66. The normalized spacial score (nSPS) is 15.7. The number of carbonyl (C=O) groups is 1. The van der Waals surface area contributed by atoms with Crippen molar-refractivity contribution in [1.82, 2.24) is 19.8 Å². The van der Waals surface area contributed by atoms with Crippen LogP contribution in [0.1, 0.15) is 18.7 Å². The van der Waals surface area contributed by atoms with Crippen LogP contribution in [0, 0.1) is 5.92 Å². The molecule has 0 bridgehead atoms. The molecular weight excluding hydrogens is 453 g/mol. The van der Waals surface area contributed by atoms with Gasteiger partial charge in [0.25, 0.3) is 5.82 Å². The predicted octanol–water partition coefficient (Wildman–Crippen LogP) is 3.76. The molecule has 0 radical (unpaired) electrons. The maximum atomic E-state index is 13.0. The number of hydrogen-bond donors (Lipinski definition) is 1. The molecule has 29 heavy (non-hydrogen) atoms. The molecule has 1 aliphatic heterocycles. The molecule has 3 heterocycles. The average Bonchev–Trinajstić information content (AvgIpc) is 3.12. The lowest BCUT2D eigenvalue weighted by molar-refractivity contribution is -0.146. The van der Waals surface area contributed by atoms with Gasteiger partial charge in [0.15, 0.2) is 5.65 Å². The third-order valence-corrected chi connectivity index (χ3v) is 5.28. The van der Waals surface area contributed by atoms with Gasteiger partial charge < -0.3 is 10.2 Å². The first-order valence-electron chi connectivity index (χ1n) is 8.92. The van der Waals surface area contributed by atoms with Crippen molar-refractivity contribution in [2.45, 2.75) is 19.0 Å². The van der Waals surface area contributed by atoms with E-state index in [0.29, 0.717) is 42.0 Å². The highest BCUT2D eigenvalue weighted by Gasteiger charge is 2.38. The summed E-state index contributed by atoms with van der Waals surface area (Å²) in [6.07, 6.45) is -3.48. The first-order chi connectivity index (χ1) is 13.8. The minimum atomic E-state index is -4.64. The van der Waals surface area contributed by atoms with Gasteiger partial charge in [-0.25, -0.2) is 0 Å². The fraction of sp³-hybridized carbons (Fsp3) is 0.333. The van der Waals surface area contributed by atoms with Crippen LogP contribution in [0.5, 0.6) is 0 Å². The Morgan fingerprint density at radius 3 is 2.59 bits per heavy atom. The minimum absolute atomic E-state index is 0.0318. The van der Waals surface area contributed by atoms with Gasteiger partial charge in [0.05, 0.1) is 0 Å². The second-order valence-electron chi connectivity index (χ2n) is 6.74. The van der Waals surface area contributed by atoms with E-state index in [0.717, 1.165) is 4.47 Å². The van der Waals surface area contributed by atoms with E-state index in [1.54, 1.807) is 6.07 Å². The first-order valence-corrected chi connectivity index (χ1v) is 9.71. The van der Waals surface area contributed by atoms with Crippen LogP contribution in [0.25, 0.3) is 5.65 Å². The third kappa shape index (κ3) is 4.19. The molecule has 152 valence electrons. The first kappa shape index (κ1) is 19.6. The molecule has 2 aromatic heterocycles. The van der Waals surface area contributed by atoms with Crippen molar-refractivity contribution in [3.05, 3.63) is 46.7 Å². The molecular formula is C18H16BrF3N6O. The monoisotopic (exact) mass is 468 g/mol. The summed E-state index contributed by atoms with van der Waals surface area (Å²) in [6.45, 7) is 1.02. The molecule has 11 heteroatoms. The zero-order chi connectivity index (χ0) is 20.6. The third-order valence-electron chi connectivity index (χ3n) is 4.78. The summed E-state index contributed by atoms with van der Waals surface area (Å²) in [6, 6.07) is 10.4. The number of nitrogens with one attached hydrogen (secondary N) is 1. The number of aromatic nitrogens is 4. The van der Waals surface area contributed by atoms with Crippen molar-refractivity contribution < 1.29 is 18.0 Å². The maximum Gasteiger partial charge on any atom is 0.453 e. The summed E-state index contributed by atoms with van der Waals surface area (Å²) < 4.78 is 40.7. The molecule has 1 fully saturated rings. The van der Waals surface area contributed by atoms with Gasteiger partial charge >= 0.3 is 6.18 Å². The Hall–Kier alpha value is -2.69.